The van der Waals surface area contributed by atoms with Crippen molar-refractivity contribution in [1.29, 1.82) is 0 Å². The Bertz CT molecular complexity index is 584. The van der Waals surface area contributed by atoms with Crippen molar-refractivity contribution in [1.82, 2.24) is 0 Å². The summed E-state index contributed by atoms with van der Waals surface area (Å²) in [6, 6.07) is 13.2. The minimum Gasteiger partial charge on any atom is -0.398 e. The molecule has 0 aliphatic carbocycles. The van der Waals surface area contributed by atoms with E-state index >= 15 is 0 Å². The first kappa shape index (κ1) is 15.5. The van der Waals surface area contributed by atoms with Crippen LogP contribution in [0.5, 0.6) is 0 Å². The predicted molar refractivity (Wildman–Crippen MR) is 87.1 cm³/mol. The Kier molecular flexibility index (Phi) is 4.64. The van der Waals surface area contributed by atoms with Crippen LogP contribution in [0.25, 0.3) is 11.1 Å². The molecule has 0 fully saturated rings. The van der Waals surface area contributed by atoms with E-state index in [1.807, 2.05) is 42.5 Å². The fourth-order valence-electron chi connectivity index (χ4n) is 2.37. The lowest BCUT2D eigenvalue weighted by Crippen LogP contribution is -2.54. The second-order valence-electron chi connectivity index (χ2n) is 4.56. The van der Waals surface area contributed by atoms with Crippen LogP contribution >= 0.6 is 0 Å². The van der Waals surface area contributed by atoms with Gasteiger partial charge in [-0.25, -0.2) is 0 Å². The molecule has 6 heteroatoms. The van der Waals surface area contributed by atoms with Crippen LogP contribution in [0.2, 0.25) is 0 Å². The van der Waals surface area contributed by atoms with Crippen molar-refractivity contribution in [3.63, 3.8) is 0 Å². The van der Waals surface area contributed by atoms with Gasteiger partial charge >= 0.3 is 8.80 Å². The first-order valence-corrected chi connectivity index (χ1v) is 8.20. The van der Waals surface area contributed by atoms with Crippen LogP contribution in [0, 0.1) is 0 Å². The highest BCUT2D eigenvalue weighted by Gasteiger charge is 2.40. The molecular weight excluding hydrogens is 284 g/mol. The number of nitrogen functional groups attached to an aromatic ring is 2. The summed E-state index contributed by atoms with van der Waals surface area (Å²) in [4.78, 5) is 0. The van der Waals surface area contributed by atoms with Crippen molar-refractivity contribution < 1.29 is 13.3 Å². The zero-order valence-corrected chi connectivity index (χ0v) is 13.4. The lowest BCUT2D eigenvalue weighted by molar-refractivity contribution is 0.140. The fourth-order valence-corrected chi connectivity index (χ4v) is 4.15. The third-order valence-electron chi connectivity index (χ3n) is 3.46. The Morgan fingerprint density at radius 3 is 1.67 bits per heavy atom. The molecule has 0 aliphatic heterocycles. The number of anilines is 2. The van der Waals surface area contributed by atoms with Crippen LogP contribution in [0.1, 0.15) is 0 Å². The van der Waals surface area contributed by atoms with Gasteiger partial charge in [0.2, 0.25) is 0 Å². The summed E-state index contributed by atoms with van der Waals surface area (Å²) < 4.78 is 16.4. The Morgan fingerprint density at radius 1 is 0.762 bits per heavy atom. The SMILES string of the molecule is CO[Si](OC)(OC)c1ccc(-c2c(N)cccc2N)cc1. The minimum atomic E-state index is -2.81. The van der Waals surface area contributed by atoms with E-state index in [0.29, 0.717) is 11.4 Å². The van der Waals surface area contributed by atoms with Gasteiger partial charge in [0.25, 0.3) is 0 Å². The molecule has 2 rings (SSSR count). The zero-order valence-electron chi connectivity index (χ0n) is 12.4. The van der Waals surface area contributed by atoms with Gasteiger partial charge < -0.3 is 24.7 Å². The second-order valence-corrected chi connectivity index (χ2v) is 7.47. The number of nitrogens with two attached hydrogens (primary N) is 2. The van der Waals surface area contributed by atoms with Crippen LogP contribution in [0.3, 0.4) is 0 Å². The molecule has 0 spiro atoms. The quantitative estimate of drug-likeness (QED) is 0.648. The van der Waals surface area contributed by atoms with Crippen molar-refractivity contribution in [3.05, 3.63) is 42.5 Å². The molecule has 0 radical (unpaired) electrons. The molecule has 0 saturated carbocycles. The summed E-state index contributed by atoms with van der Waals surface area (Å²) in [6.45, 7) is 0. The van der Waals surface area contributed by atoms with Crippen molar-refractivity contribution in [3.8, 4) is 11.1 Å². The average molecular weight is 304 g/mol. The molecule has 0 atom stereocenters. The summed E-state index contributed by atoms with van der Waals surface area (Å²) in [7, 11) is 1.94. The Balaban J connectivity index is 2.44. The lowest BCUT2D eigenvalue weighted by Gasteiger charge is -2.24. The summed E-state index contributed by atoms with van der Waals surface area (Å²) >= 11 is 0. The average Bonchev–Trinajstić information content (AvgIpc) is 2.51. The summed E-state index contributed by atoms with van der Waals surface area (Å²) in [5.41, 5.74) is 15.1. The molecule has 0 unspecified atom stereocenters. The van der Waals surface area contributed by atoms with Gasteiger partial charge in [-0.05, 0) is 17.7 Å². The van der Waals surface area contributed by atoms with Crippen molar-refractivity contribution in [2.45, 2.75) is 0 Å². The van der Waals surface area contributed by atoms with Gasteiger partial charge in [-0.3, -0.25) is 0 Å². The van der Waals surface area contributed by atoms with Crippen LogP contribution in [-0.2, 0) is 13.3 Å². The van der Waals surface area contributed by atoms with Crippen molar-refractivity contribution in [2.24, 2.45) is 0 Å². The van der Waals surface area contributed by atoms with Gasteiger partial charge in [0.05, 0.1) is 0 Å². The maximum atomic E-state index is 6.01. The highest BCUT2D eigenvalue weighted by atomic mass is 28.4. The van der Waals surface area contributed by atoms with Crippen LogP contribution in [0.4, 0.5) is 11.4 Å². The molecule has 0 heterocycles. The first-order chi connectivity index (χ1) is 10.1. The van der Waals surface area contributed by atoms with Gasteiger partial charge in [-0.2, -0.15) is 0 Å². The van der Waals surface area contributed by atoms with E-state index in [0.717, 1.165) is 16.3 Å². The van der Waals surface area contributed by atoms with E-state index in [-0.39, 0.29) is 0 Å². The number of hydrogen-bond donors (Lipinski definition) is 2. The Morgan fingerprint density at radius 2 is 1.24 bits per heavy atom. The largest absolute Gasteiger partial charge is 0.536 e. The maximum Gasteiger partial charge on any atom is 0.536 e. The Labute approximate surface area is 125 Å². The number of hydrogen-bond acceptors (Lipinski definition) is 5. The fraction of sp³-hybridized carbons (Fsp3) is 0.200. The normalized spacial score (nSPS) is 11.6. The van der Waals surface area contributed by atoms with E-state index in [9.17, 15) is 0 Å². The smallest absolute Gasteiger partial charge is 0.398 e. The summed E-state index contributed by atoms with van der Waals surface area (Å²) in [6.07, 6.45) is 0. The third kappa shape index (κ3) is 2.79. The molecule has 5 nitrogen and oxygen atoms in total. The molecule has 0 bridgehead atoms. The number of rotatable bonds is 5. The molecular formula is C15H20N2O3Si. The summed E-state index contributed by atoms with van der Waals surface area (Å²) in [5.74, 6) is 0. The van der Waals surface area contributed by atoms with Gasteiger partial charge in [0.1, 0.15) is 0 Å². The molecule has 2 aromatic rings. The van der Waals surface area contributed by atoms with E-state index < -0.39 is 8.80 Å². The van der Waals surface area contributed by atoms with E-state index in [2.05, 4.69) is 0 Å². The van der Waals surface area contributed by atoms with Crippen molar-refractivity contribution >= 4 is 25.4 Å². The molecule has 0 amide bonds. The monoisotopic (exact) mass is 304 g/mol. The third-order valence-corrected chi connectivity index (χ3v) is 6.12. The molecule has 21 heavy (non-hydrogen) atoms. The molecule has 0 aliphatic rings. The van der Waals surface area contributed by atoms with E-state index in [1.54, 1.807) is 21.3 Å². The second kappa shape index (κ2) is 6.27. The highest BCUT2D eigenvalue weighted by Crippen LogP contribution is 2.31. The summed E-state index contributed by atoms with van der Waals surface area (Å²) in [5, 5.41) is 0.881. The van der Waals surface area contributed by atoms with Crippen LogP contribution < -0.4 is 16.7 Å². The zero-order chi connectivity index (χ0) is 15.5. The Hall–Kier alpha value is -1.86. The molecule has 112 valence electrons. The maximum absolute atomic E-state index is 6.01. The topological polar surface area (TPSA) is 79.7 Å². The van der Waals surface area contributed by atoms with Gasteiger partial charge in [0, 0.05) is 43.5 Å². The standard InChI is InChI=1S/C15H20N2O3Si/c1-18-21(19-2,20-3)12-9-7-11(8-10-12)15-13(16)5-4-6-14(15)17/h4-10H,16-17H2,1-3H3. The van der Waals surface area contributed by atoms with E-state index in [4.69, 9.17) is 24.7 Å². The van der Waals surface area contributed by atoms with Crippen molar-refractivity contribution in [2.75, 3.05) is 32.8 Å². The van der Waals surface area contributed by atoms with Crippen LogP contribution in [0.15, 0.2) is 42.5 Å². The van der Waals surface area contributed by atoms with Gasteiger partial charge in [-0.1, -0.05) is 30.3 Å². The molecule has 2 aromatic carbocycles. The van der Waals surface area contributed by atoms with E-state index in [1.165, 1.54) is 0 Å². The molecule has 4 N–H and O–H groups in total. The van der Waals surface area contributed by atoms with Gasteiger partial charge in [-0.15, -0.1) is 0 Å². The predicted octanol–water partition coefficient (Wildman–Crippen LogP) is 1.60. The first-order valence-electron chi connectivity index (χ1n) is 6.48. The number of benzene rings is 2. The molecule has 0 saturated heterocycles. The minimum absolute atomic E-state index is 0.650. The highest BCUT2D eigenvalue weighted by molar-refractivity contribution is 6.75. The van der Waals surface area contributed by atoms with Crippen LogP contribution in [-0.4, -0.2) is 30.1 Å². The van der Waals surface area contributed by atoms with Gasteiger partial charge in [0.15, 0.2) is 0 Å². The lowest BCUT2D eigenvalue weighted by atomic mass is 10.0. The molecule has 0 aromatic heterocycles.